The number of fused-ring (bicyclic) bond motifs is 1. The first-order chi connectivity index (χ1) is 10.2. The predicted octanol–water partition coefficient (Wildman–Crippen LogP) is 4.13. The van der Waals surface area contributed by atoms with E-state index in [9.17, 15) is 4.79 Å². The fraction of sp³-hybridized carbons (Fsp3) is 0.125. The third-order valence-electron chi connectivity index (χ3n) is 3.18. The molecule has 3 aromatic rings. The Labute approximate surface area is 126 Å². The Hall–Kier alpha value is -2.40. The number of benzene rings is 2. The first kappa shape index (κ1) is 13.6. The van der Waals surface area contributed by atoms with Gasteiger partial charge in [0.2, 0.25) is 0 Å². The number of carbonyl (C=O) groups excluding carboxylic acids is 1. The number of ether oxygens (including phenoxy) is 1. The molecule has 21 heavy (non-hydrogen) atoms. The minimum absolute atomic E-state index is 0.366. The summed E-state index contributed by atoms with van der Waals surface area (Å²) in [6, 6.07) is 14.3. The van der Waals surface area contributed by atoms with E-state index < -0.39 is 5.97 Å². The van der Waals surface area contributed by atoms with Gasteiger partial charge in [0.05, 0.1) is 7.11 Å². The molecule has 0 aliphatic carbocycles. The lowest BCUT2D eigenvalue weighted by molar-refractivity contribution is 0.0594. The lowest BCUT2D eigenvalue weighted by Gasteiger charge is -2.04. The summed E-state index contributed by atoms with van der Waals surface area (Å²) in [5.74, 6) is -0.407. The van der Waals surface area contributed by atoms with Crippen LogP contribution in [0.3, 0.4) is 0 Å². The number of hydrogen-bond donors (Lipinski definition) is 1. The van der Waals surface area contributed by atoms with Crippen LogP contribution in [0.1, 0.15) is 15.4 Å². The Morgan fingerprint density at radius 1 is 1.19 bits per heavy atom. The van der Waals surface area contributed by atoms with E-state index in [2.05, 4.69) is 34.6 Å². The molecule has 0 radical (unpaired) electrons. The molecule has 106 valence electrons. The van der Waals surface area contributed by atoms with Crippen LogP contribution in [-0.4, -0.2) is 18.1 Å². The van der Waals surface area contributed by atoms with E-state index in [-0.39, 0.29) is 0 Å². The maximum atomic E-state index is 11.6. The van der Waals surface area contributed by atoms with E-state index in [0.717, 1.165) is 16.0 Å². The largest absolute Gasteiger partial charge is 0.464 e. The second-order valence-corrected chi connectivity index (χ2v) is 5.81. The summed E-state index contributed by atoms with van der Waals surface area (Å²) in [6.07, 6.45) is 0. The molecule has 3 rings (SSSR count). The highest BCUT2D eigenvalue weighted by Gasteiger charge is 2.15. The molecule has 5 heteroatoms. The van der Waals surface area contributed by atoms with Crippen LogP contribution in [0.5, 0.6) is 0 Å². The number of nitrogens with one attached hydrogen (secondary N) is 1. The van der Waals surface area contributed by atoms with Gasteiger partial charge >= 0.3 is 5.97 Å². The van der Waals surface area contributed by atoms with Crippen LogP contribution in [0.2, 0.25) is 0 Å². The first-order valence-electron chi connectivity index (χ1n) is 6.49. The zero-order valence-corrected chi connectivity index (χ0v) is 12.5. The number of aromatic nitrogens is 1. The third kappa shape index (κ3) is 2.73. The maximum absolute atomic E-state index is 11.6. The highest BCUT2D eigenvalue weighted by molar-refractivity contribution is 7.15. The summed E-state index contributed by atoms with van der Waals surface area (Å²) in [7, 11) is 1.36. The zero-order valence-electron chi connectivity index (χ0n) is 11.7. The van der Waals surface area contributed by atoms with E-state index in [4.69, 9.17) is 4.74 Å². The number of aryl methyl sites for hydroxylation is 1. The second-order valence-electron chi connectivity index (χ2n) is 4.60. The third-order valence-corrected chi connectivity index (χ3v) is 4.06. The summed E-state index contributed by atoms with van der Waals surface area (Å²) >= 11 is 1.44. The first-order valence-corrected chi connectivity index (χ1v) is 7.30. The van der Waals surface area contributed by atoms with Crippen molar-refractivity contribution in [2.24, 2.45) is 0 Å². The summed E-state index contributed by atoms with van der Waals surface area (Å²) in [4.78, 5) is 16.7. The number of nitrogens with zero attached hydrogens (tertiary/aromatic N) is 1. The number of esters is 1. The Morgan fingerprint density at radius 2 is 1.95 bits per heavy atom. The molecule has 4 nitrogen and oxygen atoms in total. The average Bonchev–Trinajstić information content (AvgIpc) is 2.87. The van der Waals surface area contributed by atoms with Gasteiger partial charge in [0, 0.05) is 10.6 Å². The molecule has 0 saturated heterocycles. The smallest absolute Gasteiger partial charge is 0.357 e. The molecule has 1 N–H and O–H groups in total. The van der Waals surface area contributed by atoms with Crippen molar-refractivity contribution in [1.29, 1.82) is 0 Å². The fourth-order valence-corrected chi connectivity index (χ4v) is 2.95. The Bertz CT molecular complexity index is 811. The van der Waals surface area contributed by atoms with Gasteiger partial charge < -0.3 is 10.1 Å². The molecule has 1 aromatic heterocycles. The van der Waals surface area contributed by atoms with Crippen molar-refractivity contribution in [2.75, 3.05) is 12.4 Å². The van der Waals surface area contributed by atoms with E-state index in [0.29, 0.717) is 10.8 Å². The van der Waals surface area contributed by atoms with Crippen LogP contribution in [0.25, 0.3) is 10.8 Å². The molecule has 2 aromatic carbocycles. The van der Waals surface area contributed by atoms with Crippen LogP contribution in [0.4, 0.5) is 10.8 Å². The molecular weight excluding hydrogens is 284 g/mol. The second kappa shape index (κ2) is 5.54. The van der Waals surface area contributed by atoms with Gasteiger partial charge in [-0.25, -0.2) is 9.78 Å². The van der Waals surface area contributed by atoms with Crippen molar-refractivity contribution >= 4 is 38.9 Å². The van der Waals surface area contributed by atoms with E-state index in [1.54, 1.807) is 0 Å². The van der Waals surface area contributed by atoms with Crippen LogP contribution in [-0.2, 0) is 4.74 Å². The zero-order chi connectivity index (χ0) is 14.8. The van der Waals surface area contributed by atoms with Gasteiger partial charge in [-0.15, -0.1) is 11.3 Å². The predicted molar refractivity (Wildman–Crippen MR) is 85.4 cm³/mol. The number of thiazole rings is 1. The van der Waals surface area contributed by atoms with Crippen molar-refractivity contribution in [1.82, 2.24) is 4.98 Å². The topological polar surface area (TPSA) is 51.2 Å². The number of hydrogen-bond acceptors (Lipinski definition) is 5. The quantitative estimate of drug-likeness (QED) is 0.738. The molecule has 0 aliphatic heterocycles. The van der Waals surface area contributed by atoms with E-state index in [1.165, 1.54) is 23.8 Å². The molecule has 1 heterocycles. The van der Waals surface area contributed by atoms with Crippen molar-refractivity contribution in [3.05, 3.63) is 53.0 Å². The van der Waals surface area contributed by atoms with Crippen molar-refractivity contribution in [3.8, 4) is 0 Å². The van der Waals surface area contributed by atoms with Crippen molar-refractivity contribution in [2.45, 2.75) is 6.92 Å². The maximum Gasteiger partial charge on any atom is 0.357 e. The highest BCUT2D eigenvalue weighted by atomic mass is 32.1. The van der Waals surface area contributed by atoms with Crippen molar-refractivity contribution in [3.63, 3.8) is 0 Å². The average molecular weight is 298 g/mol. The van der Waals surface area contributed by atoms with Gasteiger partial charge in [-0.05, 0) is 29.8 Å². The molecule has 0 unspecified atom stereocenters. The minimum Gasteiger partial charge on any atom is -0.464 e. The molecule has 0 spiro atoms. The molecule has 0 atom stereocenters. The van der Waals surface area contributed by atoms with E-state index in [1.807, 2.05) is 25.1 Å². The molecule has 0 bridgehead atoms. The Balaban J connectivity index is 1.89. The van der Waals surface area contributed by atoms with Gasteiger partial charge in [0.1, 0.15) is 0 Å². The lowest BCUT2D eigenvalue weighted by Crippen LogP contribution is -2.03. The van der Waals surface area contributed by atoms with Crippen LogP contribution in [0, 0.1) is 6.92 Å². The van der Waals surface area contributed by atoms with Gasteiger partial charge in [-0.3, -0.25) is 0 Å². The van der Waals surface area contributed by atoms with Crippen LogP contribution < -0.4 is 5.32 Å². The van der Waals surface area contributed by atoms with Gasteiger partial charge in [0.15, 0.2) is 10.8 Å². The van der Waals surface area contributed by atoms with E-state index >= 15 is 0 Å². The molecule has 0 fully saturated rings. The molecular formula is C16H14N2O2S. The summed E-state index contributed by atoms with van der Waals surface area (Å²) in [5, 5.41) is 6.26. The normalized spacial score (nSPS) is 10.6. The fourth-order valence-electron chi connectivity index (χ4n) is 2.13. The Kier molecular flexibility index (Phi) is 3.58. The highest BCUT2D eigenvalue weighted by Crippen LogP contribution is 2.27. The monoisotopic (exact) mass is 298 g/mol. The standard InChI is InChI=1S/C16H14N2O2S/c1-10-14(15(19)20-2)18-16(21-10)17-13-8-7-11-5-3-4-6-12(11)9-13/h3-9H,1-2H3,(H,17,18). The van der Waals surface area contributed by atoms with Gasteiger partial charge in [-0.2, -0.15) is 0 Å². The Morgan fingerprint density at radius 3 is 2.71 bits per heavy atom. The van der Waals surface area contributed by atoms with Crippen LogP contribution in [0.15, 0.2) is 42.5 Å². The van der Waals surface area contributed by atoms with Gasteiger partial charge in [0.25, 0.3) is 0 Å². The summed E-state index contributed by atoms with van der Waals surface area (Å²) in [5.41, 5.74) is 1.31. The van der Waals surface area contributed by atoms with Crippen LogP contribution >= 0.6 is 11.3 Å². The number of carbonyl (C=O) groups is 1. The summed E-state index contributed by atoms with van der Waals surface area (Å²) < 4.78 is 4.72. The molecule has 0 aliphatic rings. The lowest BCUT2D eigenvalue weighted by atomic mass is 10.1. The molecule has 0 amide bonds. The molecule has 0 saturated carbocycles. The number of methoxy groups -OCH3 is 1. The minimum atomic E-state index is -0.407. The SMILES string of the molecule is COC(=O)c1nc(Nc2ccc3ccccc3c2)sc1C. The number of rotatable bonds is 3. The number of anilines is 2. The van der Waals surface area contributed by atoms with Crippen molar-refractivity contribution < 1.29 is 9.53 Å². The van der Waals surface area contributed by atoms with Gasteiger partial charge in [-0.1, -0.05) is 30.3 Å². The summed E-state index contributed by atoms with van der Waals surface area (Å²) in [6.45, 7) is 1.86.